The van der Waals surface area contributed by atoms with Crippen LogP contribution in [0.25, 0.3) is 0 Å². The predicted molar refractivity (Wildman–Crippen MR) is 104 cm³/mol. The number of allylic oxidation sites excluding steroid dienone is 1. The number of fused-ring (bicyclic) bond motifs is 1. The lowest BCUT2D eigenvalue weighted by atomic mass is 9.84. The number of nitriles is 1. The maximum atomic E-state index is 12.4. The third-order valence-corrected chi connectivity index (χ3v) is 5.12. The van der Waals surface area contributed by atoms with Gasteiger partial charge in [0.15, 0.2) is 11.5 Å². The molecule has 2 aromatic rings. The average Bonchev–Trinajstić information content (AvgIpc) is 3.13. The van der Waals surface area contributed by atoms with Crippen molar-refractivity contribution in [2.24, 2.45) is 5.73 Å². The highest BCUT2D eigenvalue weighted by atomic mass is 16.6. The molecule has 4 rings (SSSR count). The number of hydrogen-bond donors (Lipinski definition) is 2. The number of rotatable bonds is 3. The molecule has 1 fully saturated rings. The fourth-order valence-electron chi connectivity index (χ4n) is 3.58. The van der Waals surface area contributed by atoms with E-state index in [0.717, 1.165) is 16.8 Å². The molecule has 1 unspecified atom stereocenters. The normalized spacial score (nSPS) is 18.3. The van der Waals surface area contributed by atoms with Crippen LogP contribution in [0.3, 0.4) is 0 Å². The summed E-state index contributed by atoms with van der Waals surface area (Å²) in [7, 11) is 1.49. The van der Waals surface area contributed by atoms with Crippen molar-refractivity contribution in [2.45, 2.75) is 12.8 Å². The minimum Gasteiger partial charge on any atom is -0.493 e. The van der Waals surface area contributed by atoms with Gasteiger partial charge in [0.2, 0.25) is 11.8 Å². The molecule has 1 aromatic carbocycles. The summed E-state index contributed by atoms with van der Waals surface area (Å²) in [6.07, 6.45) is -0.467. The molecule has 0 aliphatic carbocycles. The van der Waals surface area contributed by atoms with E-state index in [4.69, 9.17) is 24.7 Å². The molecule has 1 amide bonds. The Morgan fingerprint density at radius 3 is 2.83 bits per heavy atom. The third kappa shape index (κ3) is 3.40. The Bertz CT molecular complexity index is 1050. The van der Waals surface area contributed by atoms with E-state index >= 15 is 0 Å². The number of H-pyrrole nitrogens is 1. The first-order valence-electron chi connectivity index (χ1n) is 9.38. The summed E-state index contributed by atoms with van der Waals surface area (Å²) in [5.74, 6) is 0.484. The molecule has 156 valence electrons. The van der Waals surface area contributed by atoms with Crippen LogP contribution in [-0.4, -0.2) is 54.6 Å². The molecular weight excluding hydrogens is 390 g/mol. The van der Waals surface area contributed by atoms with Gasteiger partial charge in [0.1, 0.15) is 11.6 Å². The quantitative estimate of drug-likeness (QED) is 0.780. The lowest BCUT2D eigenvalue weighted by molar-refractivity contribution is 0.0413. The zero-order chi connectivity index (χ0) is 21.3. The summed E-state index contributed by atoms with van der Waals surface area (Å²) >= 11 is 0. The standard InChI is InChI=1S/C20H21N5O5/c1-11-16-17(13(10-21)18(22)30-19(16)24-23-11)12-3-4-14(15(9-12)27-2)29-20(26)25-5-7-28-8-6-25/h3-4,9,17H,5-8,22H2,1-2H3,(H,23,24). The molecule has 0 bridgehead atoms. The summed E-state index contributed by atoms with van der Waals surface area (Å²) in [6, 6.07) is 7.26. The number of hydrogen-bond acceptors (Lipinski definition) is 8. The van der Waals surface area contributed by atoms with Crippen molar-refractivity contribution < 1.29 is 23.7 Å². The largest absolute Gasteiger partial charge is 0.493 e. The first-order chi connectivity index (χ1) is 14.5. The Morgan fingerprint density at radius 2 is 2.13 bits per heavy atom. The van der Waals surface area contributed by atoms with Crippen LogP contribution in [0.4, 0.5) is 4.79 Å². The Labute approximate surface area is 172 Å². The number of aryl methyl sites for hydroxylation is 1. The molecule has 10 heteroatoms. The van der Waals surface area contributed by atoms with Gasteiger partial charge in [0, 0.05) is 24.3 Å². The number of aromatic amines is 1. The molecular formula is C20H21N5O5. The van der Waals surface area contributed by atoms with E-state index in [1.54, 1.807) is 23.1 Å². The van der Waals surface area contributed by atoms with E-state index in [2.05, 4.69) is 16.3 Å². The smallest absolute Gasteiger partial charge is 0.415 e. The van der Waals surface area contributed by atoms with Crippen molar-refractivity contribution >= 4 is 6.09 Å². The second-order valence-electron chi connectivity index (χ2n) is 6.87. The van der Waals surface area contributed by atoms with Crippen LogP contribution in [0, 0.1) is 18.3 Å². The summed E-state index contributed by atoms with van der Waals surface area (Å²) in [5, 5.41) is 16.7. The number of carbonyl (C=O) groups excluding carboxylic acids is 1. The van der Waals surface area contributed by atoms with E-state index in [-0.39, 0.29) is 17.2 Å². The Morgan fingerprint density at radius 1 is 1.37 bits per heavy atom. The van der Waals surface area contributed by atoms with Gasteiger partial charge in [-0.2, -0.15) is 5.26 Å². The van der Waals surface area contributed by atoms with Crippen LogP contribution < -0.4 is 19.9 Å². The zero-order valence-electron chi connectivity index (χ0n) is 16.6. The Balaban J connectivity index is 1.68. The first kappa shape index (κ1) is 19.6. The molecule has 0 saturated carbocycles. The van der Waals surface area contributed by atoms with Crippen LogP contribution in [0.15, 0.2) is 29.7 Å². The van der Waals surface area contributed by atoms with Gasteiger partial charge in [0.05, 0.1) is 26.2 Å². The van der Waals surface area contributed by atoms with Gasteiger partial charge < -0.3 is 29.6 Å². The highest BCUT2D eigenvalue weighted by molar-refractivity contribution is 5.72. The maximum absolute atomic E-state index is 12.4. The van der Waals surface area contributed by atoms with Crippen LogP contribution in [-0.2, 0) is 4.74 Å². The van der Waals surface area contributed by atoms with Crippen molar-refractivity contribution in [3.8, 4) is 23.4 Å². The molecule has 30 heavy (non-hydrogen) atoms. The lowest BCUT2D eigenvalue weighted by Crippen LogP contribution is -2.42. The molecule has 0 spiro atoms. The predicted octanol–water partition coefficient (Wildman–Crippen LogP) is 1.78. The number of ether oxygens (including phenoxy) is 4. The highest BCUT2D eigenvalue weighted by Crippen LogP contribution is 2.44. The van der Waals surface area contributed by atoms with E-state index < -0.39 is 12.0 Å². The van der Waals surface area contributed by atoms with Gasteiger partial charge in [-0.25, -0.2) is 4.79 Å². The molecule has 3 heterocycles. The topological polar surface area (TPSA) is 136 Å². The number of amides is 1. The number of carbonyl (C=O) groups is 1. The summed E-state index contributed by atoms with van der Waals surface area (Å²) < 4.78 is 21.7. The van der Waals surface area contributed by atoms with Crippen molar-refractivity contribution in [3.05, 3.63) is 46.5 Å². The summed E-state index contributed by atoms with van der Waals surface area (Å²) in [4.78, 5) is 14.0. The number of methoxy groups -OCH3 is 1. The molecule has 3 N–H and O–H groups in total. The van der Waals surface area contributed by atoms with Crippen molar-refractivity contribution in [3.63, 3.8) is 0 Å². The summed E-state index contributed by atoms with van der Waals surface area (Å²) in [5.41, 5.74) is 8.44. The molecule has 1 aromatic heterocycles. The summed E-state index contributed by atoms with van der Waals surface area (Å²) in [6.45, 7) is 3.74. The minimum absolute atomic E-state index is 0.00304. The van der Waals surface area contributed by atoms with Crippen molar-refractivity contribution in [1.82, 2.24) is 15.1 Å². The van der Waals surface area contributed by atoms with Gasteiger partial charge in [0.25, 0.3) is 0 Å². The Kier molecular flexibility index (Phi) is 5.20. The highest BCUT2D eigenvalue weighted by Gasteiger charge is 2.34. The Hall–Kier alpha value is -3.71. The first-order valence-corrected chi connectivity index (χ1v) is 9.38. The monoisotopic (exact) mass is 411 g/mol. The number of morpholine rings is 1. The van der Waals surface area contributed by atoms with Gasteiger partial charge in [-0.1, -0.05) is 6.07 Å². The minimum atomic E-state index is -0.490. The number of nitrogens with one attached hydrogen (secondary N) is 1. The van der Waals surface area contributed by atoms with E-state index in [9.17, 15) is 10.1 Å². The van der Waals surface area contributed by atoms with Gasteiger partial charge in [-0.3, -0.25) is 5.10 Å². The fraction of sp³-hybridized carbons (Fsp3) is 0.350. The number of nitrogens with two attached hydrogens (primary N) is 1. The van der Waals surface area contributed by atoms with Gasteiger partial charge in [-0.05, 0) is 24.6 Å². The fourth-order valence-corrected chi connectivity index (χ4v) is 3.58. The van der Waals surface area contributed by atoms with Crippen molar-refractivity contribution in [2.75, 3.05) is 33.4 Å². The molecule has 1 saturated heterocycles. The third-order valence-electron chi connectivity index (χ3n) is 5.12. The molecule has 2 aliphatic heterocycles. The second-order valence-corrected chi connectivity index (χ2v) is 6.87. The molecule has 2 aliphatic rings. The van der Waals surface area contributed by atoms with Gasteiger partial charge >= 0.3 is 6.09 Å². The number of nitrogens with zero attached hydrogens (tertiary/aromatic N) is 3. The molecule has 0 radical (unpaired) electrons. The maximum Gasteiger partial charge on any atom is 0.415 e. The van der Waals surface area contributed by atoms with E-state index in [1.807, 2.05) is 6.92 Å². The van der Waals surface area contributed by atoms with Gasteiger partial charge in [-0.15, -0.1) is 5.10 Å². The lowest BCUT2D eigenvalue weighted by Gasteiger charge is -2.26. The van der Waals surface area contributed by atoms with Crippen LogP contribution >= 0.6 is 0 Å². The van der Waals surface area contributed by atoms with E-state index in [1.165, 1.54) is 7.11 Å². The number of benzene rings is 1. The van der Waals surface area contributed by atoms with Crippen LogP contribution in [0.2, 0.25) is 0 Å². The molecule has 1 atom stereocenters. The van der Waals surface area contributed by atoms with E-state index in [0.29, 0.717) is 37.9 Å². The second kappa shape index (κ2) is 7.96. The zero-order valence-corrected chi connectivity index (χ0v) is 16.6. The average molecular weight is 411 g/mol. The van der Waals surface area contributed by atoms with Crippen LogP contribution in [0.1, 0.15) is 22.7 Å². The van der Waals surface area contributed by atoms with Crippen LogP contribution in [0.5, 0.6) is 17.4 Å². The number of aromatic nitrogens is 2. The SMILES string of the molecule is COc1cc(C2C(C#N)=C(N)Oc3n[nH]c(C)c32)ccc1OC(=O)N1CCOCC1. The molecule has 10 nitrogen and oxygen atoms in total. The van der Waals surface area contributed by atoms with Crippen molar-refractivity contribution in [1.29, 1.82) is 5.26 Å².